The van der Waals surface area contributed by atoms with Crippen LogP contribution < -0.4 is 0 Å². The van der Waals surface area contributed by atoms with Gasteiger partial charge in [-0.25, -0.2) is 0 Å². The van der Waals surface area contributed by atoms with Crippen molar-refractivity contribution in [2.45, 2.75) is 32.0 Å². The molecule has 2 fully saturated rings. The van der Waals surface area contributed by atoms with E-state index in [9.17, 15) is 9.59 Å². The van der Waals surface area contributed by atoms with Crippen molar-refractivity contribution in [3.05, 3.63) is 71.3 Å². The summed E-state index contributed by atoms with van der Waals surface area (Å²) in [7, 11) is 1.42. The minimum atomic E-state index is -0.320. The molecule has 0 radical (unpaired) electrons. The zero-order valence-corrected chi connectivity index (χ0v) is 16.4. The number of amides is 1. The summed E-state index contributed by atoms with van der Waals surface area (Å²) in [6.07, 6.45) is 0.641. The molecule has 2 aliphatic heterocycles. The van der Waals surface area contributed by atoms with Gasteiger partial charge in [0.05, 0.1) is 25.6 Å². The molecule has 4 rings (SSSR count). The minimum absolute atomic E-state index is 0.0274. The lowest BCUT2D eigenvalue weighted by molar-refractivity contribution is -0.147. The number of carbonyl (C=O) groups excluding carboxylic acids is 2. The van der Waals surface area contributed by atoms with E-state index >= 15 is 0 Å². The predicted molar refractivity (Wildman–Crippen MR) is 106 cm³/mol. The maximum absolute atomic E-state index is 13.1. The second-order valence-corrected chi connectivity index (χ2v) is 7.77. The summed E-state index contributed by atoms with van der Waals surface area (Å²) in [5, 5.41) is 0. The Labute approximate surface area is 165 Å². The Kier molecular flexibility index (Phi) is 5.18. The molecular weight excluding hydrogens is 352 g/mol. The highest BCUT2D eigenvalue weighted by molar-refractivity contribution is 5.83. The summed E-state index contributed by atoms with van der Waals surface area (Å²) in [6, 6.07) is 17.9. The number of nitrogens with zero attached hydrogens (tertiary/aromatic N) is 2. The summed E-state index contributed by atoms with van der Waals surface area (Å²) in [6.45, 7) is 4.00. The second kappa shape index (κ2) is 7.76. The molecule has 0 bridgehead atoms. The largest absolute Gasteiger partial charge is 0.469 e. The fraction of sp³-hybridized carbons (Fsp3) is 0.391. The quantitative estimate of drug-likeness (QED) is 0.768. The Hall–Kier alpha value is -2.66. The van der Waals surface area contributed by atoms with Gasteiger partial charge in [-0.3, -0.25) is 14.5 Å². The number of aryl methyl sites for hydroxylation is 1. The molecule has 3 atom stereocenters. The number of ether oxygens (including phenoxy) is 1. The summed E-state index contributed by atoms with van der Waals surface area (Å²) < 4.78 is 5.07. The van der Waals surface area contributed by atoms with Crippen LogP contribution in [0.3, 0.4) is 0 Å². The lowest BCUT2D eigenvalue weighted by Gasteiger charge is -2.40. The molecule has 2 heterocycles. The van der Waals surface area contributed by atoms with Crippen LogP contribution in [0.4, 0.5) is 0 Å². The number of methoxy groups -OCH3 is 1. The molecule has 2 aromatic rings. The van der Waals surface area contributed by atoms with Crippen molar-refractivity contribution in [1.29, 1.82) is 0 Å². The number of carbonyl (C=O) groups is 2. The fourth-order valence-electron chi connectivity index (χ4n) is 4.68. The fourth-order valence-corrected chi connectivity index (χ4v) is 4.68. The standard InChI is InChI=1S/C23H26N2O3/c1-16-8-6-7-11-18(16)13-24-14-19-12-20(23(27)28-2)22(25(19)21(26)15-24)17-9-4-3-5-10-17/h3-11,19-20,22H,12-15H2,1-2H3/t19-,20-,22-/m0/s1. The topological polar surface area (TPSA) is 49.9 Å². The Morgan fingerprint density at radius 2 is 1.82 bits per heavy atom. The molecule has 2 saturated heterocycles. The number of rotatable bonds is 4. The van der Waals surface area contributed by atoms with Crippen LogP contribution in [0.1, 0.15) is 29.2 Å². The van der Waals surface area contributed by atoms with Crippen molar-refractivity contribution in [3.63, 3.8) is 0 Å². The van der Waals surface area contributed by atoms with Gasteiger partial charge >= 0.3 is 5.97 Å². The number of piperazine rings is 1. The van der Waals surface area contributed by atoms with E-state index in [0.29, 0.717) is 13.0 Å². The summed E-state index contributed by atoms with van der Waals surface area (Å²) in [5.74, 6) is -0.466. The van der Waals surface area contributed by atoms with Gasteiger partial charge in [0.15, 0.2) is 0 Å². The summed E-state index contributed by atoms with van der Waals surface area (Å²) in [4.78, 5) is 29.8. The number of fused-ring (bicyclic) bond motifs is 1. The van der Waals surface area contributed by atoms with E-state index in [0.717, 1.165) is 18.7 Å². The normalized spacial score (nSPS) is 24.9. The van der Waals surface area contributed by atoms with Gasteiger partial charge in [-0.05, 0) is 30.0 Å². The zero-order chi connectivity index (χ0) is 19.7. The van der Waals surface area contributed by atoms with Crippen molar-refractivity contribution in [1.82, 2.24) is 9.80 Å². The van der Waals surface area contributed by atoms with E-state index in [-0.39, 0.29) is 29.9 Å². The maximum atomic E-state index is 13.1. The first-order chi connectivity index (χ1) is 13.6. The van der Waals surface area contributed by atoms with Gasteiger partial charge in [-0.15, -0.1) is 0 Å². The summed E-state index contributed by atoms with van der Waals surface area (Å²) >= 11 is 0. The van der Waals surface area contributed by atoms with E-state index < -0.39 is 0 Å². The van der Waals surface area contributed by atoms with Crippen LogP contribution in [0.25, 0.3) is 0 Å². The van der Waals surface area contributed by atoms with Crippen molar-refractivity contribution >= 4 is 11.9 Å². The van der Waals surface area contributed by atoms with Gasteiger partial charge in [0.2, 0.25) is 5.91 Å². The van der Waals surface area contributed by atoms with Crippen LogP contribution in [0.5, 0.6) is 0 Å². The molecule has 5 heteroatoms. The maximum Gasteiger partial charge on any atom is 0.311 e. The predicted octanol–water partition coefficient (Wildman–Crippen LogP) is 2.94. The van der Waals surface area contributed by atoms with E-state index in [2.05, 4.69) is 24.0 Å². The SMILES string of the molecule is COC(=O)[C@H]1C[C@H]2CN(Cc3ccccc3C)CC(=O)N2[C@H]1c1ccccc1. The highest BCUT2D eigenvalue weighted by atomic mass is 16.5. The Morgan fingerprint density at radius 1 is 1.11 bits per heavy atom. The lowest BCUT2D eigenvalue weighted by Crippen LogP contribution is -2.54. The molecular formula is C23H26N2O3. The molecule has 28 heavy (non-hydrogen) atoms. The minimum Gasteiger partial charge on any atom is -0.469 e. The van der Waals surface area contributed by atoms with Crippen LogP contribution in [-0.4, -0.2) is 47.9 Å². The van der Waals surface area contributed by atoms with E-state index in [1.165, 1.54) is 18.2 Å². The molecule has 0 N–H and O–H groups in total. The molecule has 0 saturated carbocycles. The molecule has 0 spiro atoms. The van der Waals surface area contributed by atoms with Crippen LogP contribution in [0, 0.1) is 12.8 Å². The van der Waals surface area contributed by atoms with Gasteiger partial charge < -0.3 is 9.64 Å². The Morgan fingerprint density at radius 3 is 2.54 bits per heavy atom. The van der Waals surface area contributed by atoms with Crippen LogP contribution in [-0.2, 0) is 20.9 Å². The number of benzene rings is 2. The third kappa shape index (κ3) is 3.42. The average Bonchev–Trinajstić information content (AvgIpc) is 3.10. The van der Waals surface area contributed by atoms with Crippen molar-refractivity contribution in [2.75, 3.05) is 20.2 Å². The third-order valence-corrected chi connectivity index (χ3v) is 6.02. The van der Waals surface area contributed by atoms with Crippen LogP contribution in [0.15, 0.2) is 54.6 Å². The third-order valence-electron chi connectivity index (χ3n) is 6.02. The molecule has 5 nitrogen and oxygen atoms in total. The summed E-state index contributed by atoms with van der Waals surface area (Å²) in [5.41, 5.74) is 3.48. The number of esters is 1. The molecule has 2 aromatic carbocycles. The number of hydrogen-bond donors (Lipinski definition) is 0. The van der Waals surface area contributed by atoms with Gasteiger partial charge in [0.25, 0.3) is 0 Å². The smallest absolute Gasteiger partial charge is 0.311 e. The van der Waals surface area contributed by atoms with Gasteiger partial charge in [0, 0.05) is 19.1 Å². The molecule has 0 unspecified atom stereocenters. The van der Waals surface area contributed by atoms with E-state index in [4.69, 9.17) is 4.74 Å². The van der Waals surface area contributed by atoms with Crippen molar-refractivity contribution in [3.8, 4) is 0 Å². The van der Waals surface area contributed by atoms with Crippen molar-refractivity contribution < 1.29 is 14.3 Å². The van der Waals surface area contributed by atoms with Gasteiger partial charge in [-0.2, -0.15) is 0 Å². The lowest BCUT2D eigenvalue weighted by atomic mass is 9.93. The van der Waals surface area contributed by atoms with Crippen LogP contribution >= 0.6 is 0 Å². The molecule has 0 aliphatic carbocycles. The monoisotopic (exact) mass is 378 g/mol. The van der Waals surface area contributed by atoms with Gasteiger partial charge in [0.1, 0.15) is 0 Å². The highest BCUT2D eigenvalue weighted by Gasteiger charge is 2.50. The Bertz CT molecular complexity index is 867. The first kappa shape index (κ1) is 18.7. The molecule has 0 aromatic heterocycles. The molecule has 2 aliphatic rings. The van der Waals surface area contributed by atoms with Crippen LogP contribution in [0.2, 0.25) is 0 Å². The van der Waals surface area contributed by atoms with Crippen molar-refractivity contribution in [2.24, 2.45) is 5.92 Å². The molecule has 1 amide bonds. The first-order valence-corrected chi connectivity index (χ1v) is 9.79. The first-order valence-electron chi connectivity index (χ1n) is 9.79. The number of hydrogen-bond acceptors (Lipinski definition) is 4. The zero-order valence-electron chi connectivity index (χ0n) is 16.4. The highest BCUT2D eigenvalue weighted by Crippen LogP contribution is 2.43. The molecule has 146 valence electrons. The van der Waals surface area contributed by atoms with E-state index in [1.807, 2.05) is 47.4 Å². The second-order valence-electron chi connectivity index (χ2n) is 7.77. The average molecular weight is 378 g/mol. The van der Waals surface area contributed by atoms with Gasteiger partial charge in [-0.1, -0.05) is 54.6 Å². The van der Waals surface area contributed by atoms with E-state index in [1.54, 1.807) is 0 Å². The Balaban J connectivity index is 1.59.